The molecule has 0 saturated carbocycles. The number of nitrogens with one attached hydrogen (secondary N) is 2. The molecule has 0 amide bonds. The van der Waals surface area contributed by atoms with E-state index >= 15 is 0 Å². The number of aromatic amines is 2. The molecule has 14 aromatic heterocycles. The van der Waals surface area contributed by atoms with Crippen LogP contribution in [0.15, 0.2) is 245 Å². The second-order valence-corrected chi connectivity index (χ2v) is 22.7. The van der Waals surface area contributed by atoms with E-state index < -0.39 is 0 Å². The van der Waals surface area contributed by atoms with Gasteiger partial charge in [-0.3, -0.25) is 34.1 Å². The van der Waals surface area contributed by atoms with Crippen molar-refractivity contribution < 1.29 is 4.42 Å². The van der Waals surface area contributed by atoms with Gasteiger partial charge in [0.25, 0.3) is 5.78 Å². The number of aromatic nitrogens is 17. The summed E-state index contributed by atoms with van der Waals surface area (Å²) < 4.78 is 11.8. The van der Waals surface area contributed by atoms with Gasteiger partial charge in [-0.2, -0.15) is 16.4 Å². The van der Waals surface area contributed by atoms with Crippen LogP contribution < -0.4 is 11.2 Å². The number of aryl methyl sites for hydroxylation is 11. The van der Waals surface area contributed by atoms with Crippen LogP contribution in [0, 0.1) is 62.3 Å². The second kappa shape index (κ2) is 37.8. The zero-order chi connectivity index (χ0) is 65.2. The highest BCUT2D eigenvalue weighted by Crippen LogP contribution is 2.15. The van der Waals surface area contributed by atoms with Crippen LogP contribution in [0.1, 0.15) is 49.1 Å². The Bertz CT molecular complexity index is 4340. The minimum absolute atomic E-state index is 0.0347. The van der Waals surface area contributed by atoms with E-state index in [1.165, 1.54) is 47.9 Å². The van der Waals surface area contributed by atoms with Gasteiger partial charge in [-0.15, -0.1) is 22.7 Å². The van der Waals surface area contributed by atoms with E-state index in [9.17, 15) is 9.59 Å². The van der Waals surface area contributed by atoms with Crippen molar-refractivity contribution in [3.8, 4) is 0 Å². The molecule has 0 aliphatic rings. The highest BCUT2D eigenvalue weighted by atomic mass is 32.1. The molecule has 0 aliphatic carbocycles. The molecule has 14 heterocycles. The van der Waals surface area contributed by atoms with Crippen LogP contribution in [0.4, 0.5) is 0 Å². The number of furan rings is 1. The number of hydrogen-bond donors (Lipinski definition) is 2. The van der Waals surface area contributed by atoms with E-state index in [4.69, 9.17) is 4.42 Å². The SMILES string of the molecule is Cc1cccc2nccnc12.Cc1cccs1.Cc1ccoc1.Cc1ccsc1.Cc1cnc2ncccn12.Cc1cnc2nccnn12.Cc1cncc2[nH]c(=O)[nH]c12.Cc1cncs1.Cc1nccc2ccccc12.Cn1ccccc1=O.Cn1ccnc1. The van der Waals surface area contributed by atoms with Crippen LogP contribution >= 0.6 is 34.0 Å². The molecule has 466 valence electrons. The van der Waals surface area contributed by atoms with Gasteiger partial charge >= 0.3 is 5.69 Å². The third-order valence-corrected chi connectivity index (χ3v) is 14.5. The lowest BCUT2D eigenvalue weighted by Gasteiger charge is -1.97. The molecular formula is C68H73N17O3S3. The van der Waals surface area contributed by atoms with Crippen LogP contribution in [-0.2, 0) is 14.1 Å². The minimum Gasteiger partial charge on any atom is -0.472 e. The summed E-state index contributed by atoms with van der Waals surface area (Å²) in [6.07, 6.45) is 31.5. The van der Waals surface area contributed by atoms with Gasteiger partial charge in [0.05, 0.1) is 83.1 Å². The summed E-state index contributed by atoms with van der Waals surface area (Å²) in [7, 11) is 3.66. The van der Waals surface area contributed by atoms with Crippen molar-refractivity contribution in [2.24, 2.45) is 14.1 Å². The fourth-order valence-corrected chi connectivity index (χ4v) is 9.04. The number of pyridine rings is 3. The van der Waals surface area contributed by atoms with Gasteiger partial charge in [-0.05, 0) is 149 Å². The Hall–Kier alpha value is -10.8. The molecule has 20 nitrogen and oxygen atoms in total. The van der Waals surface area contributed by atoms with Gasteiger partial charge < -0.3 is 23.5 Å². The van der Waals surface area contributed by atoms with Gasteiger partial charge in [0.15, 0.2) is 0 Å². The molecule has 0 unspecified atom stereocenters. The molecule has 0 aliphatic heterocycles. The van der Waals surface area contributed by atoms with Crippen molar-refractivity contribution in [1.82, 2.24) is 83.0 Å². The van der Waals surface area contributed by atoms with Gasteiger partial charge in [0.1, 0.15) is 0 Å². The molecular weight excluding hydrogens is 1200 g/mol. The molecule has 0 fully saturated rings. The first-order valence-electron chi connectivity index (χ1n) is 28.3. The molecule has 0 saturated heterocycles. The van der Waals surface area contributed by atoms with Crippen molar-refractivity contribution in [3.63, 3.8) is 0 Å². The third kappa shape index (κ3) is 24.4. The highest BCUT2D eigenvalue weighted by molar-refractivity contribution is 7.10. The Kier molecular flexibility index (Phi) is 28.8. The van der Waals surface area contributed by atoms with E-state index in [-0.39, 0.29) is 11.2 Å². The topological polar surface area (TPSA) is 239 Å². The Balaban J connectivity index is 0.000000161. The number of rotatable bonds is 0. The summed E-state index contributed by atoms with van der Waals surface area (Å²) in [4.78, 5) is 69.6. The first-order chi connectivity index (χ1) is 44.1. The fourth-order valence-electron chi connectivity index (χ4n) is 7.43. The molecule has 16 rings (SSSR count). The van der Waals surface area contributed by atoms with Crippen LogP contribution in [0.25, 0.3) is 44.4 Å². The number of para-hydroxylation sites is 1. The summed E-state index contributed by atoms with van der Waals surface area (Å²) in [6, 6.07) is 31.4. The molecule has 0 radical (unpaired) electrons. The zero-order valence-electron chi connectivity index (χ0n) is 52.6. The van der Waals surface area contributed by atoms with Crippen molar-refractivity contribution in [2.45, 2.75) is 62.3 Å². The summed E-state index contributed by atoms with van der Waals surface area (Å²) in [5.41, 5.74) is 13.1. The van der Waals surface area contributed by atoms with Crippen molar-refractivity contribution in [1.29, 1.82) is 0 Å². The van der Waals surface area contributed by atoms with Gasteiger partial charge in [0, 0.05) is 109 Å². The predicted octanol–water partition coefficient (Wildman–Crippen LogP) is 14.5. The number of benzene rings is 2. The molecule has 0 atom stereocenters. The van der Waals surface area contributed by atoms with E-state index in [1.807, 2.05) is 156 Å². The molecule has 0 bridgehead atoms. The number of imidazole rings is 4. The maximum Gasteiger partial charge on any atom is 0.323 e. The summed E-state index contributed by atoms with van der Waals surface area (Å²) in [5, 5.41) is 12.8. The van der Waals surface area contributed by atoms with E-state index in [1.54, 1.807) is 132 Å². The lowest BCUT2D eigenvalue weighted by molar-refractivity contribution is 0.565. The minimum atomic E-state index is -0.184. The number of hydrogen-bond acceptors (Lipinski definition) is 17. The monoisotopic (exact) mass is 1270 g/mol. The summed E-state index contributed by atoms with van der Waals surface area (Å²) in [5.74, 6) is 1.42. The second-order valence-electron chi connectivity index (χ2n) is 19.6. The number of thiophene rings is 2. The Labute approximate surface area is 539 Å². The van der Waals surface area contributed by atoms with Crippen LogP contribution in [0.5, 0.6) is 0 Å². The highest BCUT2D eigenvalue weighted by Gasteiger charge is 2.01. The standard InChI is InChI=1S/C10H9N.C9H8N2.C7H7N3O.C7H7N3.C6H6N4.C6H7NO.C5H6O.2C5H6S.C4H6N2.C4H5NS/c1-8-10-5-3-2-4-9(10)6-7-11-8;1-7-3-2-4-8-9(7)11-6-5-10-8;1-4-2-8-3-5-6(4)10-7(11)9-5;1-6-5-9-7-8-3-2-4-10(6)7;1-5-4-8-6-7-2-3-9-10(5)6;1-7-5-3-2-4-6(7)8;2*1-5-2-3-6-4-5;1-5-3-2-4-6-5;1-6-3-2-5-4-6;1-4-2-5-3-6-4/h2-7H,1H3;2-6H,1H3;2-3H,1H3,(H2,9,10,11);2-5H,1H3;2-4H,1H3;2-5H,1H3;4*2-4H,1H3;2-3H,1H3. The van der Waals surface area contributed by atoms with E-state index in [2.05, 4.69) is 125 Å². The van der Waals surface area contributed by atoms with Gasteiger partial charge in [-0.1, -0.05) is 48.5 Å². The smallest absolute Gasteiger partial charge is 0.323 e. The predicted molar refractivity (Wildman–Crippen MR) is 369 cm³/mol. The van der Waals surface area contributed by atoms with Crippen LogP contribution in [0.2, 0.25) is 0 Å². The average molecular weight is 1270 g/mol. The largest absolute Gasteiger partial charge is 0.472 e. The Morgan fingerprint density at radius 3 is 1.86 bits per heavy atom. The maximum atomic E-state index is 10.8. The lowest BCUT2D eigenvalue weighted by Crippen LogP contribution is -2.12. The zero-order valence-corrected chi connectivity index (χ0v) is 55.0. The lowest BCUT2D eigenvalue weighted by atomic mass is 10.1. The quantitative estimate of drug-likeness (QED) is 0.144. The van der Waals surface area contributed by atoms with Crippen molar-refractivity contribution in [2.75, 3.05) is 0 Å². The molecule has 0 spiro atoms. The molecule has 2 aromatic carbocycles. The average Bonchev–Trinajstić information content (AvgIpc) is 2.19. The summed E-state index contributed by atoms with van der Waals surface area (Å²) >= 11 is 5.18. The number of fused-ring (bicyclic) bond motifs is 5. The molecule has 91 heavy (non-hydrogen) atoms. The first-order valence-corrected chi connectivity index (χ1v) is 31.0. The van der Waals surface area contributed by atoms with Crippen LogP contribution in [0.3, 0.4) is 0 Å². The molecule has 23 heteroatoms. The van der Waals surface area contributed by atoms with Crippen LogP contribution in [-0.4, -0.2) is 83.0 Å². The third-order valence-electron chi connectivity index (χ3n) is 12.2. The summed E-state index contributed by atoms with van der Waals surface area (Å²) in [6.45, 7) is 18.1. The first kappa shape index (κ1) is 69.4. The van der Waals surface area contributed by atoms with Crippen molar-refractivity contribution >= 4 is 78.4 Å². The number of nitrogens with zero attached hydrogens (tertiary/aromatic N) is 15. The van der Waals surface area contributed by atoms with Gasteiger partial charge in [-0.25, -0.2) is 34.2 Å². The number of H-pyrrole nitrogens is 2. The number of thiazole rings is 1. The van der Waals surface area contributed by atoms with Gasteiger partial charge in [0.2, 0.25) is 11.3 Å². The maximum absolute atomic E-state index is 10.8. The Morgan fingerprint density at radius 1 is 0.527 bits per heavy atom. The normalized spacial score (nSPS) is 9.79. The fraction of sp³-hybridized carbons (Fsp3) is 0.162. The van der Waals surface area contributed by atoms with E-state index in [0.29, 0.717) is 5.78 Å². The molecule has 2 N–H and O–H groups in total. The molecule has 16 aromatic rings. The van der Waals surface area contributed by atoms with E-state index in [0.717, 1.165) is 50.5 Å². The van der Waals surface area contributed by atoms with Crippen molar-refractivity contribution in [3.05, 3.63) is 300 Å². The Morgan fingerprint density at radius 2 is 1.31 bits per heavy atom.